The summed E-state index contributed by atoms with van der Waals surface area (Å²) in [5, 5.41) is 0.625. The van der Waals surface area contributed by atoms with E-state index < -0.39 is 0 Å². The first-order valence-corrected chi connectivity index (χ1v) is 11.5. The lowest BCUT2D eigenvalue weighted by atomic mass is 9.94. The number of nitrogens with zero attached hydrogens (tertiary/aromatic N) is 3. The Morgan fingerprint density at radius 3 is 2.16 bits per heavy atom. The molecule has 0 atom stereocenters. The standard InChI is InChI=1S/C25H30ClN3O2/c1-19-4-2-3-5-22(19)18-27-14-16-29(17-15-27)25(31)21-10-12-28(13-11-21)24(30)20-6-8-23(26)9-7-20/h2-9,21H,10-18H2,1H3. The number of carbonyl (C=O) groups is 2. The third kappa shape index (κ3) is 5.28. The molecule has 6 heteroatoms. The van der Waals surface area contributed by atoms with Crippen LogP contribution in [-0.4, -0.2) is 65.8 Å². The minimum atomic E-state index is 0.0207. The third-order valence-electron chi connectivity index (χ3n) is 6.56. The molecule has 2 fully saturated rings. The first-order valence-electron chi connectivity index (χ1n) is 11.1. The molecule has 164 valence electrons. The molecular formula is C25H30ClN3O2. The zero-order valence-electron chi connectivity index (χ0n) is 18.1. The van der Waals surface area contributed by atoms with Gasteiger partial charge in [-0.05, 0) is 55.2 Å². The summed E-state index contributed by atoms with van der Waals surface area (Å²) >= 11 is 5.92. The highest BCUT2D eigenvalue weighted by molar-refractivity contribution is 6.30. The summed E-state index contributed by atoms with van der Waals surface area (Å²) in [6.45, 7) is 7.75. The predicted octanol–water partition coefficient (Wildman–Crippen LogP) is 3.85. The van der Waals surface area contributed by atoms with Gasteiger partial charge in [-0.15, -0.1) is 0 Å². The Morgan fingerprint density at radius 1 is 0.871 bits per heavy atom. The number of piperidine rings is 1. The number of aryl methyl sites for hydroxylation is 1. The lowest BCUT2D eigenvalue weighted by Gasteiger charge is -2.38. The quantitative estimate of drug-likeness (QED) is 0.726. The highest BCUT2D eigenvalue weighted by Gasteiger charge is 2.32. The van der Waals surface area contributed by atoms with Crippen LogP contribution in [0.15, 0.2) is 48.5 Å². The Balaban J connectivity index is 1.24. The first kappa shape index (κ1) is 21.8. The van der Waals surface area contributed by atoms with Gasteiger partial charge in [0.25, 0.3) is 5.91 Å². The summed E-state index contributed by atoms with van der Waals surface area (Å²) in [5.74, 6) is 0.304. The number of halogens is 1. The monoisotopic (exact) mass is 439 g/mol. The molecule has 2 saturated heterocycles. The molecule has 0 radical (unpaired) electrons. The zero-order valence-corrected chi connectivity index (χ0v) is 18.9. The van der Waals surface area contributed by atoms with Crippen molar-refractivity contribution >= 4 is 23.4 Å². The van der Waals surface area contributed by atoms with Crippen molar-refractivity contribution in [3.8, 4) is 0 Å². The van der Waals surface area contributed by atoms with E-state index in [-0.39, 0.29) is 17.7 Å². The second-order valence-corrected chi connectivity index (χ2v) is 9.04. The van der Waals surface area contributed by atoms with E-state index in [4.69, 9.17) is 11.6 Å². The van der Waals surface area contributed by atoms with Crippen molar-refractivity contribution in [3.63, 3.8) is 0 Å². The summed E-state index contributed by atoms with van der Waals surface area (Å²) in [5.41, 5.74) is 3.33. The van der Waals surface area contributed by atoms with Crippen LogP contribution < -0.4 is 0 Å². The molecule has 4 rings (SSSR count). The van der Waals surface area contributed by atoms with E-state index in [1.807, 2.05) is 9.80 Å². The molecule has 0 N–H and O–H groups in total. The second-order valence-electron chi connectivity index (χ2n) is 8.60. The molecule has 2 aliphatic rings. The predicted molar refractivity (Wildman–Crippen MR) is 123 cm³/mol. The van der Waals surface area contributed by atoms with Gasteiger partial charge >= 0.3 is 0 Å². The van der Waals surface area contributed by atoms with Crippen molar-refractivity contribution in [2.45, 2.75) is 26.3 Å². The lowest BCUT2D eigenvalue weighted by Crippen LogP contribution is -2.51. The average Bonchev–Trinajstić information content (AvgIpc) is 2.81. The minimum Gasteiger partial charge on any atom is -0.340 e. The van der Waals surface area contributed by atoms with Crippen molar-refractivity contribution in [1.29, 1.82) is 0 Å². The van der Waals surface area contributed by atoms with Gasteiger partial charge in [0.05, 0.1) is 0 Å². The highest BCUT2D eigenvalue weighted by atomic mass is 35.5. The van der Waals surface area contributed by atoms with Gasteiger partial charge in [0.2, 0.25) is 5.91 Å². The SMILES string of the molecule is Cc1ccccc1CN1CCN(C(=O)C2CCN(C(=O)c3ccc(Cl)cc3)CC2)CC1. The fourth-order valence-corrected chi connectivity index (χ4v) is 4.64. The molecular weight excluding hydrogens is 410 g/mol. The van der Waals surface area contributed by atoms with Gasteiger partial charge in [-0.2, -0.15) is 0 Å². The molecule has 5 nitrogen and oxygen atoms in total. The fourth-order valence-electron chi connectivity index (χ4n) is 4.52. The average molecular weight is 440 g/mol. The van der Waals surface area contributed by atoms with Gasteiger partial charge < -0.3 is 9.80 Å². The maximum absolute atomic E-state index is 13.0. The molecule has 31 heavy (non-hydrogen) atoms. The third-order valence-corrected chi connectivity index (χ3v) is 6.81. The maximum atomic E-state index is 13.0. The maximum Gasteiger partial charge on any atom is 0.253 e. The number of likely N-dealkylation sites (tertiary alicyclic amines) is 1. The zero-order chi connectivity index (χ0) is 21.8. The van der Waals surface area contributed by atoms with Crippen LogP contribution in [0.5, 0.6) is 0 Å². The molecule has 0 saturated carbocycles. The Hall–Kier alpha value is -2.37. The summed E-state index contributed by atoms with van der Waals surface area (Å²) in [7, 11) is 0. The fraction of sp³-hybridized carbons (Fsp3) is 0.440. The van der Waals surface area contributed by atoms with Crippen LogP contribution in [0.4, 0.5) is 0 Å². The van der Waals surface area contributed by atoms with Crippen molar-refractivity contribution in [2.24, 2.45) is 5.92 Å². The summed E-state index contributed by atoms with van der Waals surface area (Å²) in [4.78, 5) is 32.0. The minimum absolute atomic E-state index is 0.0207. The molecule has 2 heterocycles. The number of hydrogen-bond acceptors (Lipinski definition) is 3. The number of carbonyl (C=O) groups excluding carboxylic acids is 2. The normalized spacial score (nSPS) is 18.3. The van der Waals surface area contributed by atoms with Crippen LogP contribution in [0.3, 0.4) is 0 Å². The topological polar surface area (TPSA) is 43.9 Å². The molecule has 0 unspecified atom stereocenters. The van der Waals surface area contributed by atoms with Crippen LogP contribution in [0, 0.1) is 12.8 Å². The Morgan fingerprint density at radius 2 is 1.52 bits per heavy atom. The largest absolute Gasteiger partial charge is 0.340 e. The molecule has 2 aromatic rings. The van der Waals surface area contributed by atoms with Gasteiger partial charge in [0.15, 0.2) is 0 Å². The van der Waals surface area contributed by atoms with Crippen LogP contribution >= 0.6 is 11.6 Å². The Kier molecular flexibility index (Phi) is 6.93. The van der Waals surface area contributed by atoms with Crippen molar-refractivity contribution in [1.82, 2.24) is 14.7 Å². The number of piperazine rings is 1. The Bertz CT molecular complexity index is 915. The van der Waals surface area contributed by atoms with Crippen LogP contribution in [0.2, 0.25) is 5.02 Å². The number of hydrogen-bond donors (Lipinski definition) is 0. The molecule has 2 aliphatic heterocycles. The van der Waals surface area contributed by atoms with Crippen molar-refractivity contribution < 1.29 is 9.59 Å². The highest BCUT2D eigenvalue weighted by Crippen LogP contribution is 2.23. The smallest absolute Gasteiger partial charge is 0.253 e. The summed E-state index contributed by atoms with van der Waals surface area (Å²) in [6, 6.07) is 15.5. The number of benzene rings is 2. The summed E-state index contributed by atoms with van der Waals surface area (Å²) in [6.07, 6.45) is 1.48. The van der Waals surface area contributed by atoms with Gasteiger partial charge in [-0.1, -0.05) is 35.9 Å². The molecule has 0 bridgehead atoms. The van der Waals surface area contributed by atoms with Crippen molar-refractivity contribution in [2.75, 3.05) is 39.3 Å². The van der Waals surface area contributed by atoms with E-state index in [1.165, 1.54) is 11.1 Å². The van der Waals surface area contributed by atoms with Gasteiger partial charge in [-0.3, -0.25) is 14.5 Å². The van der Waals surface area contributed by atoms with E-state index in [2.05, 4.69) is 36.1 Å². The van der Waals surface area contributed by atoms with E-state index in [0.29, 0.717) is 23.7 Å². The van der Waals surface area contributed by atoms with Gasteiger partial charge in [0.1, 0.15) is 0 Å². The van der Waals surface area contributed by atoms with E-state index in [9.17, 15) is 9.59 Å². The van der Waals surface area contributed by atoms with Gasteiger partial charge in [-0.25, -0.2) is 0 Å². The molecule has 2 aromatic carbocycles. The van der Waals surface area contributed by atoms with Crippen molar-refractivity contribution in [3.05, 3.63) is 70.2 Å². The lowest BCUT2D eigenvalue weighted by molar-refractivity contribution is -0.138. The van der Waals surface area contributed by atoms with E-state index in [0.717, 1.165) is 45.6 Å². The molecule has 2 amide bonds. The number of rotatable bonds is 4. The first-order chi connectivity index (χ1) is 15.0. The molecule has 0 aliphatic carbocycles. The van der Waals surface area contributed by atoms with Crippen LogP contribution in [-0.2, 0) is 11.3 Å². The van der Waals surface area contributed by atoms with Crippen LogP contribution in [0.25, 0.3) is 0 Å². The van der Waals surface area contributed by atoms with E-state index >= 15 is 0 Å². The number of amides is 2. The molecule has 0 aromatic heterocycles. The molecule has 0 spiro atoms. The second kappa shape index (κ2) is 9.84. The van der Waals surface area contributed by atoms with Crippen LogP contribution in [0.1, 0.15) is 34.3 Å². The Labute approximate surface area is 189 Å². The summed E-state index contributed by atoms with van der Waals surface area (Å²) < 4.78 is 0. The van der Waals surface area contributed by atoms with E-state index in [1.54, 1.807) is 24.3 Å². The van der Waals surface area contributed by atoms with Gasteiger partial charge in [0, 0.05) is 62.3 Å².